The van der Waals surface area contributed by atoms with Crippen LogP contribution in [0.1, 0.15) is 47.8 Å². The number of hydrogen-bond donors (Lipinski definition) is 2. The van der Waals surface area contributed by atoms with E-state index in [-0.39, 0.29) is 5.91 Å². The van der Waals surface area contributed by atoms with Gasteiger partial charge in [0.1, 0.15) is 17.6 Å². The maximum Gasteiger partial charge on any atom is 0.255 e. The number of nitrogens with zero attached hydrogens (tertiary/aromatic N) is 1. The molecule has 1 aliphatic rings. The van der Waals surface area contributed by atoms with Crippen LogP contribution in [0.2, 0.25) is 0 Å². The Morgan fingerprint density at radius 1 is 0.593 bits per heavy atom. The summed E-state index contributed by atoms with van der Waals surface area (Å²) in [5.74, 6) is 5.05. The lowest BCUT2D eigenvalue weighted by Crippen LogP contribution is -2.38. The standard InChI is InChI=1S/C41H45N3O10/c1-46-28-13-14-30-29(23-28)41(45)43-40(42-30)26-12-16-33(35(20-26)48-3)52-17-9-7-8-10-18-53-36-19-25(11-15-32(36)47-2)34-24-31(44-54-34)27-21-37(49-4)39(51-6)38(22-27)50-5/h11-16,19-24,40,42H,7-10,17-18H2,1-6H3,(H,43,45). The van der Waals surface area contributed by atoms with Gasteiger partial charge in [0.05, 0.1) is 61.4 Å². The van der Waals surface area contributed by atoms with Gasteiger partial charge in [0.25, 0.3) is 5.91 Å². The normalized spacial score (nSPS) is 13.2. The number of fused-ring (bicyclic) bond motifs is 1. The second kappa shape index (κ2) is 17.5. The summed E-state index contributed by atoms with van der Waals surface area (Å²) in [6, 6.07) is 22.2. The first-order valence-corrected chi connectivity index (χ1v) is 17.5. The molecule has 0 saturated heterocycles. The van der Waals surface area contributed by atoms with Gasteiger partial charge in [0.2, 0.25) is 5.75 Å². The first-order chi connectivity index (χ1) is 26.4. The summed E-state index contributed by atoms with van der Waals surface area (Å²) in [5, 5.41) is 10.6. The van der Waals surface area contributed by atoms with Crippen LogP contribution < -0.4 is 48.5 Å². The van der Waals surface area contributed by atoms with Crippen molar-refractivity contribution in [2.45, 2.75) is 31.8 Å². The molecule has 2 N–H and O–H groups in total. The molecule has 5 aromatic rings. The molecular weight excluding hydrogens is 694 g/mol. The number of carbonyl (C=O) groups is 1. The molecule has 13 nitrogen and oxygen atoms in total. The van der Waals surface area contributed by atoms with Crippen LogP contribution >= 0.6 is 0 Å². The Labute approximate surface area is 314 Å². The molecule has 0 radical (unpaired) electrons. The monoisotopic (exact) mass is 739 g/mol. The molecule has 1 unspecified atom stereocenters. The molecule has 6 rings (SSSR count). The first kappa shape index (κ1) is 37.5. The summed E-state index contributed by atoms with van der Waals surface area (Å²) < 4.78 is 50.8. The Balaban J connectivity index is 0.973. The van der Waals surface area contributed by atoms with Gasteiger partial charge in [-0.25, -0.2) is 0 Å². The number of nitrogens with one attached hydrogen (secondary N) is 2. The minimum atomic E-state index is -0.416. The molecule has 1 amide bonds. The molecule has 0 spiro atoms. The number of aromatic nitrogens is 1. The van der Waals surface area contributed by atoms with E-state index in [2.05, 4.69) is 15.8 Å². The Bertz CT molecular complexity index is 2040. The number of ether oxygens (including phenoxy) is 8. The molecule has 54 heavy (non-hydrogen) atoms. The second-order valence-electron chi connectivity index (χ2n) is 12.3. The van der Waals surface area contributed by atoms with Crippen molar-refractivity contribution >= 4 is 11.6 Å². The molecule has 1 atom stereocenters. The van der Waals surface area contributed by atoms with Crippen LogP contribution in [0, 0.1) is 0 Å². The van der Waals surface area contributed by atoms with Gasteiger partial charge in [0.15, 0.2) is 40.3 Å². The molecule has 1 aliphatic heterocycles. The van der Waals surface area contributed by atoms with Gasteiger partial charge in [-0.1, -0.05) is 11.2 Å². The van der Waals surface area contributed by atoms with Crippen molar-refractivity contribution in [3.63, 3.8) is 0 Å². The van der Waals surface area contributed by atoms with Gasteiger partial charge in [0, 0.05) is 22.9 Å². The summed E-state index contributed by atoms with van der Waals surface area (Å²) in [6.07, 6.45) is 3.23. The van der Waals surface area contributed by atoms with Gasteiger partial charge in [-0.15, -0.1) is 0 Å². The molecule has 13 heteroatoms. The van der Waals surface area contributed by atoms with Crippen LogP contribution in [-0.2, 0) is 0 Å². The molecule has 4 aromatic carbocycles. The minimum absolute atomic E-state index is 0.181. The van der Waals surface area contributed by atoms with E-state index < -0.39 is 6.17 Å². The zero-order valence-electron chi connectivity index (χ0n) is 31.3. The van der Waals surface area contributed by atoms with E-state index in [1.807, 2.05) is 66.7 Å². The van der Waals surface area contributed by atoms with Crippen molar-refractivity contribution in [2.24, 2.45) is 0 Å². The number of carbonyl (C=O) groups excluding carboxylic acids is 1. The highest BCUT2D eigenvalue weighted by atomic mass is 16.5. The molecule has 0 bridgehead atoms. The Kier molecular flexibility index (Phi) is 12.2. The van der Waals surface area contributed by atoms with Crippen LogP contribution in [0.15, 0.2) is 77.3 Å². The topological polar surface area (TPSA) is 141 Å². The van der Waals surface area contributed by atoms with E-state index in [4.69, 9.17) is 42.4 Å². The lowest BCUT2D eigenvalue weighted by atomic mass is 10.0. The minimum Gasteiger partial charge on any atom is -0.497 e. The van der Waals surface area contributed by atoms with E-state index in [0.29, 0.717) is 76.2 Å². The molecule has 2 heterocycles. The van der Waals surface area contributed by atoms with E-state index in [9.17, 15) is 4.79 Å². The first-order valence-electron chi connectivity index (χ1n) is 17.5. The molecular formula is C41H45N3O10. The van der Waals surface area contributed by atoms with Gasteiger partial charge in [-0.3, -0.25) is 4.79 Å². The highest BCUT2D eigenvalue weighted by Gasteiger charge is 2.26. The number of anilines is 1. The summed E-state index contributed by atoms with van der Waals surface area (Å²) in [5.41, 5.74) is 4.27. The van der Waals surface area contributed by atoms with Crippen molar-refractivity contribution in [3.05, 3.63) is 83.9 Å². The Morgan fingerprint density at radius 2 is 1.26 bits per heavy atom. The summed E-state index contributed by atoms with van der Waals surface area (Å²) in [4.78, 5) is 12.8. The largest absolute Gasteiger partial charge is 0.497 e. The fraction of sp³-hybridized carbons (Fsp3) is 0.317. The molecule has 0 fully saturated rings. The summed E-state index contributed by atoms with van der Waals surface area (Å²) >= 11 is 0. The second-order valence-corrected chi connectivity index (χ2v) is 12.3. The quantitative estimate of drug-likeness (QED) is 0.0843. The Morgan fingerprint density at radius 3 is 1.93 bits per heavy atom. The third kappa shape index (κ3) is 8.35. The zero-order chi connectivity index (χ0) is 38.0. The van der Waals surface area contributed by atoms with Crippen LogP contribution in [0.25, 0.3) is 22.6 Å². The lowest BCUT2D eigenvalue weighted by Gasteiger charge is -2.28. The van der Waals surface area contributed by atoms with Crippen LogP contribution in [0.3, 0.4) is 0 Å². The highest BCUT2D eigenvalue weighted by molar-refractivity contribution is 6.02. The smallest absolute Gasteiger partial charge is 0.255 e. The van der Waals surface area contributed by atoms with Crippen LogP contribution in [0.4, 0.5) is 5.69 Å². The van der Waals surface area contributed by atoms with E-state index in [1.54, 1.807) is 48.7 Å². The van der Waals surface area contributed by atoms with Crippen molar-refractivity contribution in [1.29, 1.82) is 0 Å². The van der Waals surface area contributed by atoms with Gasteiger partial charge in [-0.2, -0.15) is 0 Å². The highest BCUT2D eigenvalue weighted by Crippen LogP contribution is 2.42. The average Bonchev–Trinajstić information content (AvgIpc) is 3.71. The summed E-state index contributed by atoms with van der Waals surface area (Å²) in [7, 11) is 9.49. The third-order valence-electron chi connectivity index (χ3n) is 9.04. The number of amides is 1. The zero-order valence-corrected chi connectivity index (χ0v) is 31.3. The number of rotatable bonds is 18. The lowest BCUT2D eigenvalue weighted by molar-refractivity contribution is 0.0935. The van der Waals surface area contributed by atoms with Crippen molar-refractivity contribution in [2.75, 3.05) is 61.2 Å². The fourth-order valence-corrected chi connectivity index (χ4v) is 6.16. The number of methoxy groups -OCH3 is 6. The molecule has 284 valence electrons. The van der Waals surface area contributed by atoms with Crippen LogP contribution in [-0.4, -0.2) is 66.9 Å². The maximum absolute atomic E-state index is 12.8. The van der Waals surface area contributed by atoms with Crippen molar-refractivity contribution in [3.8, 4) is 68.6 Å². The van der Waals surface area contributed by atoms with E-state index in [1.165, 1.54) is 0 Å². The molecule has 0 aliphatic carbocycles. The van der Waals surface area contributed by atoms with E-state index in [0.717, 1.165) is 48.1 Å². The number of hydrogen-bond acceptors (Lipinski definition) is 12. The third-order valence-corrected chi connectivity index (χ3v) is 9.04. The van der Waals surface area contributed by atoms with Gasteiger partial charge >= 0.3 is 0 Å². The Hall–Kier alpha value is -6.24. The van der Waals surface area contributed by atoms with Crippen molar-refractivity contribution in [1.82, 2.24) is 10.5 Å². The van der Waals surface area contributed by atoms with E-state index >= 15 is 0 Å². The average molecular weight is 740 g/mol. The predicted molar refractivity (Wildman–Crippen MR) is 203 cm³/mol. The van der Waals surface area contributed by atoms with Gasteiger partial charge in [-0.05, 0) is 91.9 Å². The number of unbranched alkanes of at least 4 members (excludes halogenated alkanes) is 3. The van der Waals surface area contributed by atoms with Gasteiger partial charge < -0.3 is 53.1 Å². The predicted octanol–water partition coefficient (Wildman–Crippen LogP) is 7.93. The van der Waals surface area contributed by atoms with Crippen molar-refractivity contribution < 1.29 is 47.2 Å². The van der Waals surface area contributed by atoms with Crippen LogP contribution in [0.5, 0.6) is 46.0 Å². The molecule has 1 aromatic heterocycles. The maximum atomic E-state index is 12.8. The SMILES string of the molecule is COc1ccc2c(c1)C(=O)NC(c1ccc(OCCCCCCOc3cc(-c4cc(-c5cc(OC)c(OC)c(OC)c5)no4)ccc3OC)c(OC)c1)N2. The molecule has 0 saturated carbocycles. The fourth-order valence-electron chi connectivity index (χ4n) is 6.16. The number of benzene rings is 4. The summed E-state index contributed by atoms with van der Waals surface area (Å²) in [6.45, 7) is 1.06.